The monoisotopic (exact) mass is 393 g/mol. The summed E-state index contributed by atoms with van der Waals surface area (Å²) in [5, 5.41) is 0.355. The molecule has 1 aliphatic rings. The van der Waals surface area contributed by atoms with E-state index < -0.39 is 10.0 Å². The van der Waals surface area contributed by atoms with Crippen LogP contribution in [0, 0.1) is 12.8 Å². The summed E-state index contributed by atoms with van der Waals surface area (Å²) in [4.78, 5) is 19.7. The number of nitrogens with one attached hydrogen (secondary N) is 1. The molecule has 0 spiro atoms. The number of hydrogen-bond acceptors (Lipinski definition) is 5. The Balaban J connectivity index is 1.74. The minimum Gasteiger partial charge on any atom is -0.337 e. The third-order valence-corrected chi connectivity index (χ3v) is 6.70. The first-order valence-electron chi connectivity index (χ1n) is 8.60. The number of thiazole rings is 1. The lowest BCUT2D eigenvalue weighted by Gasteiger charge is -2.26. The summed E-state index contributed by atoms with van der Waals surface area (Å²) in [7, 11) is -3.66. The molecule has 1 aromatic carbocycles. The average molecular weight is 394 g/mol. The molecular weight excluding hydrogens is 370 g/mol. The van der Waals surface area contributed by atoms with Gasteiger partial charge >= 0.3 is 0 Å². The van der Waals surface area contributed by atoms with E-state index in [0.29, 0.717) is 37.0 Å². The van der Waals surface area contributed by atoms with Crippen LogP contribution in [0.3, 0.4) is 0 Å². The minimum atomic E-state index is -3.66. The van der Waals surface area contributed by atoms with Gasteiger partial charge in [0.2, 0.25) is 5.91 Å². The van der Waals surface area contributed by atoms with Gasteiger partial charge in [-0.05, 0) is 25.0 Å². The number of aryl methyl sites for hydroxylation is 1. The Kier molecular flexibility index (Phi) is 5.34. The van der Waals surface area contributed by atoms with Crippen LogP contribution in [0.25, 0.3) is 0 Å². The number of sulfonamides is 1. The summed E-state index contributed by atoms with van der Waals surface area (Å²) >= 11 is 1.30. The second-order valence-corrected chi connectivity index (χ2v) is 9.74. The third kappa shape index (κ3) is 4.24. The maximum absolute atomic E-state index is 12.5. The number of carbonyl (C=O) groups excluding carboxylic acids is 1. The number of fused-ring (bicyclic) bond motifs is 1. The van der Waals surface area contributed by atoms with Crippen molar-refractivity contribution < 1.29 is 13.2 Å². The maximum atomic E-state index is 12.5. The fourth-order valence-electron chi connectivity index (χ4n) is 2.82. The molecule has 1 aliphatic heterocycles. The number of aromatic nitrogens is 1. The molecule has 8 heteroatoms. The summed E-state index contributed by atoms with van der Waals surface area (Å²) in [6.45, 7) is 7.10. The fourth-order valence-corrected chi connectivity index (χ4v) is 5.08. The second kappa shape index (κ2) is 7.36. The number of rotatable bonds is 5. The first-order valence-corrected chi connectivity index (χ1v) is 10.9. The molecule has 0 unspecified atom stereocenters. The molecule has 2 aromatic rings. The minimum absolute atomic E-state index is 0.140. The molecule has 0 saturated heterocycles. The predicted octanol–water partition coefficient (Wildman–Crippen LogP) is 3.18. The summed E-state index contributed by atoms with van der Waals surface area (Å²) < 4.78 is 27.6. The number of hydrogen-bond donors (Lipinski definition) is 1. The van der Waals surface area contributed by atoms with Crippen LogP contribution in [0.15, 0.2) is 29.2 Å². The molecule has 3 rings (SSSR count). The Morgan fingerprint density at radius 1 is 1.31 bits per heavy atom. The van der Waals surface area contributed by atoms with Crippen LogP contribution < -0.4 is 4.72 Å². The van der Waals surface area contributed by atoms with Crippen LogP contribution in [0.4, 0.5) is 5.13 Å². The predicted molar refractivity (Wildman–Crippen MR) is 103 cm³/mol. The number of anilines is 1. The number of carbonyl (C=O) groups is 1. The van der Waals surface area contributed by atoms with Crippen molar-refractivity contribution in [3.05, 3.63) is 40.4 Å². The van der Waals surface area contributed by atoms with E-state index in [2.05, 4.69) is 9.71 Å². The van der Waals surface area contributed by atoms with E-state index >= 15 is 0 Å². The molecule has 1 aromatic heterocycles. The van der Waals surface area contributed by atoms with Gasteiger partial charge in [0.1, 0.15) is 0 Å². The van der Waals surface area contributed by atoms with E-state index in [4.69, 9.17) is 0 Å². The zero-order chi connectivity index (χ0) is 18.9. The zero-order valence-electron chi connectivity index (χ0n) is 15.2. The van der Waals surface area contributed by atoms with Crippen molar-refractivity contribution in [2.24, 2.45) is 5.92 Å². The maximum Gasteiger partial charge on any atom is 0.263 e. The first kappa shape index (κ1) is 18.8. The Bertz CT molecular complexity index is 902. The van der Waals surface area contributed by atoms with E-state index in [1.165, 1.54) is 11.3 Å². The van der Waals surface area contributed by atoms with E-state index in [0.717, 1.165) is 16.1 Å². The van der Waals surface area contributed by atoms with Gasteiger partial charge in [-0.25, -0.2) is 13.4 Å². The lowest BCUT2D eigenvalue weighted by molar-refractivity contribution is -0.132. The van der Waals surface area contributed by atoms with Crippen molar-refractivity contribution in [2.45, 2.75) is 45.1 Å². The summed E-state index contributed by atoms with van der Waals surface area (Å²) in [6, 6.07) is 6.69. The molecule has 0 aliphatic carbocycles. The van der Waals surface area contributed by atoms with Crippen molar-refractivity contribution >= 4 is 32.4 Å². The summed E-state index contributed by atoms with van der Waals surface area (Å²) in [5.74, 6) is 0.461. The Morgan fingerprint density at radius 2 is 2.00 bits per heavy atom. The molecule has 0 bridgehead atoms. The van der Waals surface area contributed by atoms with E-state index in [1.807, 2.05) is 25.7 Å². The molecule has 0 saturated carbocycles. The van der Waals surface area contributed by atoms with Crippen molar-refractivity contribution in [1.29, 1.82) is 0 Å². The van der Waals surface area contributed by atoms with Crippen molar-refractivity contribution in [3.8, 4) is 0 Å². The summed E-state index contributed by atoms with van der Waals surface area (Å²) in [6.07, 6.45) is 1.18. The van der Waals surface area contributed by atoms with Gasteiger partial charge in [-0.2, -0.15) is 0 Å². The highest BCUT2D eigenvalue weighted by Gasteiger charge is 2.25. The fraction of sp³-hybridized carbons (Fsp3) is 0.444. The topological polar surface area (TPSA) is 79.4 Å². The lowest BCUT2D eigenvalue weighted by atomic mass is 10.1. The van der Waals surface area contributed by atoms with Gasteiger partial charge in [-0.3, -0.25) is 9.52 Å². The van der Waals surface area contributed by atoms with Gasteiger partial charge in [0.05, 0.1) is 17.1 Å². The van der Waals surface area contributed by atoms with E-state index in [1.54, 1.807) is 24.3 Å². The average Bonchev–Trinajstić information content (AvgIpc) is 2.95. The number of benzene rings is 1. The molecule has 0 atom stereocenters. The molecule has 0 radical (unpaired) electrons. The lowest BCUT2D eigenvalue weighted by Crippen LogP contribution is -2.36. The molecule has 2 heterocycles. The standard InChI is InChI=1S/C18H23N3O3S2/c1-12(2)10-17(22)21-9-8-15-16(11-21)25-18(19-15)20-26(23,24)14-6-4-13(3)5-7-14/h4-7,12H,8-11H2,1-3H3,(H,19,20). The normalized spacial score (nSPS) is 14.4. The SMILES string of the molecule is Cc1ccc(S(=O)(=O)Nc2nc3c(s2)CN(C(=O)CC(C)C)CC3)cc1. The largest absolute Gasteiger partial charge is 0.337 e. The molecule has 140 valence electrons. The summed E-state index contributed by atoms with van der Waals surface area (Å²) in [5.41, 5.74) is 1.88. The van der Waals surface area contributed by atoms with Gasteiger partial charge in [0.25, 0.3) is 10.0 Å². The van der Waals surface area contributed by atoms with Crippen LogP contribution in [0.1, 0.15) is 36.4 Å². The molecule has 1 amide bonds. The molecular formula is C18H23N3O3S2. The van der Waals surface area contributed by atoms with E-state index in [9.17, 15) is 13.2 Å². The van der Waals surface area contributed by atoms with Crippen molar-refractivity contribution in [2.75, 3.05) is 11.3 Å². The Labute approximate surface area is 158 Å². The molecule has 0 fully saturated rings. The molecule has 26 heavy (non-hydrogen) atoms. The first-order chi connectivity index (χ1) is 12.2. The van der Waals surface area contributed by atoms with Gasteiger partial charge in [0, 0.05) is 24.3 Å². The smallest absolute Gasteiger partial charge is 0.263 e. The number of nitrogens with zero attached hydrogens (tertiary/aromatic N) is 2. The van der Waals surface area contributed by atoms with Crippen LogP contribution in [0.2, 0.25) is 0 Å². The quantitative estimate of drug-likeness (QED) is 0.846. The van der Waals surface area contributed by atoms with Crippen molar-refractivity contribution in [1.82, 2.24) is 9.88 Å². The second-order valence-electron chi connectivity index (χ2n) is 6.97. The number of amides is 1. The van der Waals surface area contributed by atoms with Crippen molar-refractivity contribution in [3.63, 3.8) is 0 Å². The highest BCUT2D eigenvalue weighted by atomic mass is 32.2. The Hall–Kier alpha value is -1.93. The van der Waals surface area contributed by atoms with Gasteiger partial charge < -0.3 is 4.90 Å². The highest BCUT2D eigenvalue weighted by molar-refractivity contribution is 7.93. The van der Waals surface area contributed by atoms with Crippen LogP contribution in [-0.2, 0) is 27.8 Å². The Morgan fingerprint density at radius 3 is 2.65 bits per heavy atom. The third-order valence-electron chi connectivity index (χ3n) is 4.22. The molecule has 6 nitrogen and oxygen atoms in total. The van der Waals surface area contributed by atoms with Gasteiger partial charge in [0.15, 0.2) is 5.13 Å². The van der Waals surface area contributed by atoms with Gasteiger partial charge in [-0.15, -0.1) is 0 Å². The highest BCUT2D eigenvalue weighted by Crippen LogP contribution is 2.30. The zero-order valence-corrected chi connectivity index (χ0v) is 16.8. The van der Waals surface area contributed by atoms with E-state index in [-0.39, 0.29) is 10.8 Å². The van der Waals surface area contributed by atoms with Crippen LogP contribution >= 0.6 is 11.3 Å². The van der Waals surface area contributed by atoms with Gasteiger partial charge in [-0.1, -0.05) is 42.9 Å². The van der Waals surface area contributed by atoms with Crippen LogP contribution in [0.5, 0.6) is 0 Å². The molecule has 1 N–H and O–H groups in total. The van der Waals surface area contributed by atoms with Crippen LogP contribution in [-0.4, -0.2) is 30.8 Å².